The van der Waals surface area contributed by atoms with Crippen LogP contribution in [0.2, 0.25) is 0 Å². The maximum Gasteiger partial charge on any atom is 0.330 e. The van der Waals surface area contributed by atoms with Gasteiger partial charge >= 0.3 is 11.7 Å². The van der Waals surface area contributed by atoms with Crippen LogP contribution in [0.5, 0.6) is 0 Å². The van der Waals surface area contributed by atoms with Crippen LogP contribution < -0.4 is 11.2 Å². The van der Waals surface area contributed by atoms with Crippen molar-refractivity contribution in [1.82, 2.24) is 9.55 Å². The van der Waals surface area contributed by atoms with E-state index in [2.05, 4.69) is 4.98 Å². The molecule has 1 saturated heterocycles. The molecule has 222 valence electrons. The molecule has 0 bridgehead atoms. The number of carbonyl (C=O) groups excluding carboxylic acids is 2. The molecule has 5 rings (SSSR count). The number of ether oxygens (including phenoxy) is 3. The number of hydrogen-bond acceptors (Lipinski definition) is 7. The number of ketones is 1. The molecule has 0 spiro atoms. The molecule has 9 heteroatoms. The molecule has 3 unspecified atom stereocenters. The number of nitrogens with one attached hydrogen (secondary N) is 1. The standard InChI is InChI=1S/C34H34N2O7/c1-23-21-36(33(40)35-32(23)39)30-20-28(43-31(38)19-18-24(2)37)29(42-30)22-41-34(25-12-6-3-7-13-25,26-14-8-4-9-15-26)27-16-10-5-11-17-27/h3-17,21,28-30H,18-20,22H2,1-2H3,(H,35,39,40). The van der Waals surface area contributed by atoms with E-state index in [1.807, 2.05) is 91.0 Å². The van der Waals surface area contributed by atoms with Gasteiger partial charge in [-0.2, -0.15) is 0 Å². The van der Waals surface area contributed by atoms with Gasteiger partial charge in [0.05, 0.1) is 13.0 Å². The van der Waals surface area contributed by atoms with Crippen molar-refractivity contribution in [2.75, 3.05) is 6.61 Å². The number of carbonyl (C=O) groups is 2. The van der Waals surface area contributed by atoms with Crippen molar-refractivity contribution < 1.29 is 23.8 Å². The van der Waals surface area contributed by atoms with Gasteiger partial charge in [0.2, 0.25) is 0 Å². The molecule has 0 saturated carbocycles. The number of aryl methyl sites for hydroxylation is 1. The first-order chi connectivity index (χ1) is 20.8. The van der Waals surface area contributed by atoms with Gasteiger partial charge in [-0.25, -0.2) is 4.79 Å². The van der Waals surface area contributed by atoms with Gasteiger partial charge in [0.25, 0.3) is 5.56 Å². The molecular formula is C34H34N2O7. The summed E-state index contributed by atoms with van der Waals surface area (Å²) in [5.41, 5.74) is 0.869. The van der Waals surface area contributed by atoms with Crippen LogP contribution in [0.15, 0.2) is 107 Å². The molecule has 1 aliphatic heterocycles. The third kappa shape index (κ3) is 6.58. The summed E-state index contributed by atoms with van der Waals surface area (Å²) >= 11 is 0. The fourth-order valence-electron chi connectivity index (χ4n) is 5.43. The summed E-state index contributed by atoms with van der Waals surface area (Å²) in [4.78, 5) is 51.2. The predicted molar refractivity (Wildman–Crippen MR) is 160 cm³/mol. The Morgan fingerprint density at radius 3 is 1.93 bits per heavy atom. The Hall–Kier alpha value is -4.60. The summed E-state index contributed by atoms with van der Waals surface area (Å²) in [5, 5.41) is 0. The minimum atomic E-state index is -1.04. The number of aromatic amines is 1. The highest BCUT2D eigenvalue weighted by molar-refractivity contribution is 5.81. The largest absolute Gasteiger partial charge is 0.459 e. The van der Waals surface area contributed by atoms with Crippen LogP contribution in [0.25, 0.3) is 0 Å². The highest BCUT2D eigenvalue weighted by Crippen LogP contribution is 2.42. The van der Waals surface area contributed by atoms with Gasteiger partial charge in [-0.3, -0.25) is 19.1 Å². The van der Waals surface area contributed by atoms with Crippen molar-refractivity contribution >= 4 is 11.8 Å². The van der Waals surface area contributed by atoms with E-state index >= 15 is 0 Å². The lowest BCUT2D eigenvalue weighted by Gasteiger charge is -2.37. The molecular weight excluding hydrogens is 548 g/mol. The van der Waals surface area contributed by atoms with Gasteiger partial charge in [-0.1, -0.05) is 91.0 Å². The quantitative estimate of drug-likeness (QED) is 0.206. The number of rotatable bonds is 11. The molecule has 1 aliphatic rings. The van der Waals surface area contributed by atoms with E-state index in [9.17, 15) is 19.2 Å². The molecule has 1 fully saturated rings. The normalized spacial score (nSPS) is 18.3. The third-order valence-corrected chi connectivity index (χ3v) is 7.61. The van der Waals surface area contributed by atoms with Crippen molar-refractivity contribution in [1.29, 1.82) is 0 Å². The van der Waals surface area contributed by atoms with Crippen molar-refractivity contribution in [3.8, 4) is 0 Å². The van der Waals surface area contributed by atoms with Gasteiger partial charge in [0.15, 0.2) is 0 Å². The molecule has 0 amide bonds. The first-order valence-corrected chi connectivity index (χ1v) is 14.2. The molecule has 4 aromatic rings. The Kier molecular flexibility index (Phi) is 9.13. The van der Waals surface area contributed by atoms with Crippen LogP contribution in [0, 0.1) is 6.92 Å². The summed E-state index contributed by atoms with van der Waals surface area (Å²) < 4.78 is 20.4. The molecule has 9 nitrogen and oxygen atoms in total. The third-order valence-electron chi connectivity index (χ3n) is 7.61. The summed E-state index contributed by atoms with van der Waals surface area (Å²) in [5.74, 6) is -0.661. The van der Waals surface area contributed by atoms with E-state index < -0.39 is 41.3 Å². The number of hydrogen-bond donors (Lipinski definition) is 1. The first kappa shape index (κ1) is 29.9. The van der Waals surface area contributed by atoms with Crippen molar-refractivity contribution in [3.63, 3.8) is 0 Å². The van der Waals surface area contributed by atoms with E-state index in [1.54, 1.807) is 6.92 Å². The summed E-state index contributed by atoms with van der Waals surface area (Å²) in [6, 6.07) is 29.5. The Labute approximate surface area is 249 Å². The maximum absolute atomic E-state index is 12.7. The fraction of sp³-hybridized carbons (Fsp3) is 0.294. The second-order valence-corrected chi connectivity index (χ2v) is 10.7. The van der Waals surface area contributed by atoms with Gasteiger partial charge in [-0.05, 0) is 30.5 Å². The monoisotopic (exact) mass is 582 g/mol. The molecule has 43 heavy (non-hydrogen) atoms. The lowest BCUT2D eigenvalue weighted by atomic mass is 9.80. The number of nitrogens with zero attached hydrogens (tertiary/aromatic N) is 1. The van der Waals surface area contributed by atoms with Crippen LogP contribution in [0.1, 0.15) is 54.7 Å². The van der Waals surface area contributed by atoms with E-state index in [4.69, 9.17) is 14.2 Å². The van der Waals surface area contributed by atoms with Gasteiger partial charge in [-0.15, -0.1) is 0 Å². The Bertz CT molecular complexity index is 1570. The number of Topliss-reactive ketones (excluding diaryl/α,β-unsaturated/α-hetero) is 1. The highest BCUT2D eigenvalue weighted by Gasteiger charge is 2.43. The molecule has 3 atom stereocenters. The SMILES string of the molecule is CC(=O)CCC(=O)OC1CC(n2cc(C)c(=O)[nH]c2=O)OC1COC(c1ccccc1)(c1ccccc1)c1ccccc1. The zero-order valence-electron chi connectivity index (χ0n) is 24.1. The molecule has 3 aromatic carbocycles. The van der Waals surface area contributed by atoms with Gasteiger partial charge in [0.1, 0.15) is 29.8 Å². The summed E-state index contributed by atoms with van der Waals surface area (Å²) in [6.07, 6.45) is -0.767. The van der Waals surface area contributed by atoms with Gasteiger partial charge in [0, 0.05) is 24.6 Å². The van der Waals surface area contributed by atoms with Crippen molar-refractivity contribution in [2.45, 2.75) is 57.1 Å². The smallest absolute Gasteiger partial charge is 0.330 e. The Balaban J connectivity index is 1.52. The highest BCUT2D eigenvalue weighted by atomic mass is 16.6. The van der Waals surface area contributed by atoms with Crippen molar-refractivity contribution in [2.24, 2.45) is 0 Å². The first-order valence-electron chi connectivity index (χ1n) is 14.2. The zero-order valence-corrected chi connectivity index (χ0v) is 24.1. The van der Waals surface area contributed by atoms with E-state index in [1.165, 1.54) is 17.7 Å². The second kappa shape index (κ2) is 13.1. The zero-order chi connectivity index (χ0) is 30.4. The Morgan fingerprint density at radius 2 is 1.42 bits per heavy atom. The van der Waals surface area contributed by atoms with E-state index in [-0.39, 0.29) is 31.7 Å². The number of H-pyrrole nitrogens is 1. The molecule has 0 radical (unpaired) electrons. The maximum atomic E-state index is 12.7. The Morgan fingerprint density at radius 1 is 0.884 bits per heavy atom. The number of benzene rings is 3. The van der Waals surface area contributed by atoms with Crippen LogP contribution in [0.4, 0.5) is 0 Å². The predicted octanol–water partition coefficient (Wildman–Crippen LogP) is 4.42. The second-order valence-electron chi connectivity index (χ2n) is 10.7. The van der Waals surface area contributed by atoms with Crippen LogP contribution in [-0.4, -0.2) is 40.1 Å². The topological polar surface area (TPSA) is 117 Å². The van der Waals surface area contributed by atoms with Crippen molar-refractivity contribution in [3.05, 3.63) is 140 Å². The summed E-state index contributed by atoms with van der Waals surface area (Å²) in [7, 11) is 0. The van der Waals surface area contributed by atoms with Crippen LogP contribution in [-0.2, 0) is 29.4 Å². The lowest BCUT2D eigenvalue weighted by Crippen LogP contribution is -2.39. The van der Waals surface area contributed by atoms with Crippen LogP contribution in [0.3, 0.4) is 0 Å². The van der Waals surface area contributed by atoms with Gasteiger partial charge < -0.3 is 19.0 Å². The molecule has 2 heterocycles. The molecule has 1 N–H and O–H groups in total. The average molecular weight is 583 g/mol. The minimum absolute atomic E-state index is 0.00305. The lowest BCUT2D eigenvalue weighted by molar-refractivity contribution is -0.156. The minimum Gasteiger partial charge on any atom is -0.459 e. The summed E-state index contributed by atoms with van der Waals surface area (Å²) in [6.45, 7) is 3.01. The fourth-order valence-corrected chi connectivity index (χ4v) is 5.43. The number of esters is 1. The number of aromatic nitrogens is 2. The average Bonchev–Trinajstić information content (AvgIpc) is 3.41. The molecule has 0 aliphatic carbocycles. The van der Waals surface area contributed by atoms with E-state index in [0.29, 0.717) is 5.56 Å². The van der Waals surface area contributed by atoms with E-state index in [0.717, 1.165) is 16.7 Å². The van der Waals surface area contributed by atoms with Crippen LogP contribution >= 0.6 is 0 Å². The molecule has 1 aromatic heterocycles.